The summed E-state index contributed by atoms with van der Waals surface area (Å²) in [6.07, 6.45) is 19.5. The van der Waals surface area contributed by atoms with Gasteiger partial charge in [-0.15, -0.1) is 0 Å². The Balaban J connectivity index is 0.000000114. The molecule has 139 heavy (non-hydrogen) atoms. The summed E-state index contributed by atoms with van der Waals surface area (Å²) in [5.41, 5.74) is 11.6. The summed E-state index contributed by atoms with van der Waals surface area (Å²) in [5.74, 6) is 3.01. The second-order valence-corrected chi connectivity index (χ2v) is 41.7. The smallest absolute Gasteiger partial charge is 0.280 e. The molecule has 8 aromatic heterocycles. The molecule has 0 aliphatic carbocycles. The number of likely N-dealkylation sites (N-methyl/N-ethyl adjacent to an activating group) is 1. The number of rotatable bonds is 24. The maximum absolute atomic E-state index is 14.3. The highest BCUT2D eigenvalue weighted by Crippen LogP contribution is 2.49. The molecule has 4 amide bonds. The zero-order valence-corrected chi connectivity index (χ0v) is 82.0. The molecular formula is C99H119F2N25O9S4. The Morgan fingerprint density at radius 3 is 0.993 bits per heavy atom. The minimum absolute atomic E-state index is 0.0939. The van der Waals surface area contributed by atoms with Gasteiger partial charge in [0, 0.05) is 189 Å². The van der Waals surface area contributed by atoms with Gasteiger partial charge in [0.15, 0.2) is 43.3 Å². The number of aromatic nitrogens is 12. The minimum atomic E-state index is -0.236. The molecule has 19 heterocycles. The summed E-state index contributed by atoms with van der Waals surface area (Å²) in [5, 5.41) is 14.0. The number of ether oxygens (including phenoxy) is 5. The molecule has 732 valence electrons. The fraction of sp³-hybridized carbons (Fsp3) is 0.515. The van der Waals surface area contributed by atoms with Crippen molar-refractivity contribution in [2.75, 3.05) is 212 Å². The Kier molecular flexibility index (Phi) is 30.8. The number of carbonyl (C=O) groups excluding carboxylic acids is 4. The van der Waals surface area contributed by atoms with Gasteiger partial charge in [-0.1, -0.05) is 81.7 Å². The van der Waals surface area contributed by atoms with Crippen LogP contribution in [0.1, 0.15) is 175 Å². The van der Waals surface area contributed by atoms with E-state index in [1.807, 2.05) is 12.1 Å². The second-order valence-electron chi connectivity index (χ2n) is 37.8. The van der Waals surface area contributed by atoms with E-state index in [1.165, 1.54) is 113 Å². The van der Waals surface area contributed by atoms with Gasteiger partial charge < -0.3 is 84.2 Å². The van der Waals surface area contributed by atoms with E-state index in [4.69, 9.17) is 33.7 Å². The molecule has 4 atom stereocenters. The van der Waals surface area contributed by atoms with E-state index in [0.29, 0.717) is 141 Å². The number of fused-ring (bicyclic) bond motifs is 8. The number of nitrogens with zero attached hydrogens (tertiary/aromatic N) is 21. The molecular weight excluding hydrogens is 1850 g/mol. The third-order valence-electron chi connectivity index (χ3n) is 28.3. The van der Waals surface area contributed by atoms with E-state index in [9.17, 15) is 28.0 Å². The van der Waals surface area contributed by atoms with Crippen LogP contribution in [0.2, 0.25) is 0 Å². The van der Waals surface area contributed by atoms with E-state index < -0.39 is 0 Å². The van der Waals surface area contributed by atoms with E-state index in [0.717, 1.165) is 218 Å². The summed E-state index contributed by atoms with van der Waals surface area (Å²) in [4.78, 5) is 130. The normalized spacial score (nSPS) is 20.8. The first-order chi connectivity index (χ1) is 68.1. The van der Waals surface area contributed by atoms with Gasteiger partial charge in [0.05, 0.1) is 13.2 Å². The summed E-state index contributed by atoms with van der Waals surface area (Å²) in [6, 6.07) is 27.6. The third kappa shape index (κ3) is 22.5. The molecule has 0 saturated carbocycles. The molecule has 4 aromatic carbocycles. The largest absolute Gasteiger partial charge is 0.381 e. The van der Waals surface area contributed by atoms with Crippen LogP contribution in [0.15, 0.2) is 110 Å². The highest BCUT2D eigenvalue weighted by Gasteiger charge is 2.40. The predicted octanol–water partition coefficient (Wildman–Crippen LogP) is 13.0. The van der Waals surface area contributed by atoms with E-state index in [-0.39, 0.29) is 71.3 Å². The van der Waals surface area contributed by atoms with Crippen LogP contribution in [0.3, 0.4) is 0 Å². The first kappa shape index (κ1) is 95.8. The number of carbonyl (C=O) groups is 4. The summed E-state index contributed by atoms with van der Waals surface area (Å²) < 4.78 is 55.6. The molecule has 11 aliphatic rings. The fourth-order valence-electron chi connectivity index (χ4n) is 20.6. The summed E-state index contributed by atoms with van der Waals surface area (Å²) in [7, 11) is 6.37. The number of thiazole rings is 4. The zero-order valence-electron chi connectivity index (χ0n) is 78.8. The number of hydrogen-bond acceptors (Lipinski definition) is 34. The van der Waals surface area contributed by atoms with Crippen molar-refractivity contribution in [2.24, 2.45) is 0 Å². The fourth-order valence-corrected chi connectivity index (χ4v) is 23.9. The van der Waals surface area contributed by atoms with Gasteiger partial charge in [-0.05, 0) is 221 Å². The number of hydrogen-bond donors (Lipinski definition) is 4. The quantitative estimate of drug-likeness (QED) is 0.0436. The molecule has 7 saturated heterocycles. The van der Waals surface area contributed by atoms with Crippen molar-refractivity contribution in [1.82, 2.24) is 106 Å². The average Bonchev–Trinajstić information content (AvgIpc) is 1.62. The molecule has 40 heteroatoms. The number of nitrogens with one attached hydrogen (secondary N) is 4. The number of likely N-dealkylation sites (tertiary alicyclic amines) is 1. The Morgan fingerprint density at radius 1 is 0.360 bits per heavy atom. The van der Waals surface area contributed by atoms with Crippen LogP contribution < -0.4 is 40.9 Å². The molecule has 23 rings (SSSR count). The number of para-hydroxylation sites is 2. The van der Waals surface area contributed by atoms with Crippen LogP contribution in [-0.4, -0.2) is 324 Å². The van der Waals surface area contributed by atoms with Crippen molar-refractivity contribution < 1.29 is 51.6 Å². The second kappa shape index (κ2) is 44.6. The lowest BCUT2D eigenvalue weighted by Gasteiger charge is -2.33. The van der Waals surface area contributed by atoms with Crippen molar-refractivity contribution in [2.45, 2.75) is 138 Å². The standard InChI is InChI=1S/C26H32FN7O2S.C25H29FN6O3S.C25H30N6O2S.C23H28N6O2S/c1-32-8-10-33(11-9-32)7-4-17-15-34(21-3-2-18(27)14-20(17)21)23-22-25(29-16-28-23)37-26(31-22)24(35)30-19-5-12-36-13-6-19;26-17-1-2-20-19(13-17)16(3-6-31-7-11-35-12-8-31)14-32(20)22-21-24(28-15-27-22)36-25(30-21)23(33)29-18-4-9-34-10-5-18;32-23(28-18-8-13-33-14-9-18)25-29-21-22(26-16-27-24(21)34-25)31-15-17(7-12-30-10-3-4-11-30)19-5-1-2-6-20(19)31;1-28(2)10-7-15-13-29(18-6-4-3-5-17(15)18)20-19-22(25-14-24-20)32-23(27-19)21(30)26-16-8-11-31-12-9-16/h2-3,14,16-17,19H,4-13,15H2,1H3,(H,30,35);1-2,13,15-16,18H,3-12,14H2,(H,29,33);1-2,5-6,16-18H,3-4,7-15H2,(H,28,32);3-6,14-16H,7-13H2,1-2H3,(H,26,30). The molecule has 0 radical (unpaired) electrons. The number of anilines is 8. The van der Waals surface area contributed by atoms with Crippen LogP contribution in [0.25, 0.3) is 41.4 Å². The van der Waals surface area contributed by atoms with Gasteiger partial charge in [0.25, 0.3) is 23.6 Å². The van der Waals surface area contributed by atoms with Crippen molar-refractivity contribution in [3.8, 4) is 0 Å². The first-order valence-corrected chi connectivity index (χ1v) is 52.3. The van der Waals surface area contributed by atoms with Crippen LogP contribution in [0.5, 0.6) is 0 Å². The van der Waals surface area contributed by atoms with E-state index >= 15 is 0 Å². The SMILES string of the molecule is CN(C)CCC1CN(c2ncnc3sc(C(=O)NC4CCOCC4)nc23)c2ccccc21.CN1CCN(CCC2CN(c3ncnc4sc(C(=O)NC5CCOCC5)nc34)c3ccc(F)cc32)CC1.O=C(NC1CCOCC1)c1nc2c(N3CC(CCN4CCCC4)c4ccccc43)ncnc2s1.O=C(NC1CCOCC1)c1nc2c(N3CC(CCN4CCOCC4)c4cc(F)ccc43)ncnc2s1. The van der Waals surface area contributed by atoms with E-state index in [1.54, 1.807) is 24.8 Å². The molecule has 4 N–H and O–H groups in total. The highest BCUT2D eigenvalue weighted by molar-refractivity contribution is 7.21. The lowest BCUT2D eigenvalue weighted by molar-refractivity contribution is 0.0367. The number of amides is 4. The van der Waals surface area contributed by atoms with Gasteiger partial charge in [0.2, 0.25) is 0 Å². The molecule has 0 bridgehead atoms. The molecule has 7 fully saturated rings. The topological polar surface area (TPSA) is 346 Å². The minimum Gasteiger partial charge on any atom is -0.381 e. The molecule has 34 nitrogen and oxygen atoms in total. The Hall–Kier alpha value is -10.7. The Morgan fingerprint density at radius 2 is 0.655 bits per heavy atom. The molecule has 0 spiro atoms. The van der Waals surface area contributed by atoms with Crippen molar-refractivity contribution in [3.63, 3.8) is 0 Å². The van der Waals surface area contributed by atoms with Crippen molar-refractivity contribution >= 4 is 156 Å². The maximum atomic E-state index is 14.3. The van der Waals surface area contributed by atoms with Crippen LogP contribution >= 0.6 is 45.3 Å². The molecule has 11 aliphatic heterocycles. The van der Waals surface area contributed by atoms with Gasteiger partial charge >= 0.3 is 0 Å². The lowest BCUT2D eigenvalue weighted by atomic mass is 9.97. The van der Waals surface area contributed by atoms with Gasteiger partial charge in [-0.25, -0.2) is 68.6 Å². The van der Waals surface area contributed by atoms with Crippen LogP contribution in [0.4, 0.5) is 54.8 Å². The molecule has 4 unspecified atom stereocenters. The maximum Gasteiger partial charge on any atom is 0.280 e. The van der Waals surface area contributed by atoms with Gasteiger partial charge in [-0.2, -0.15) is 0 Å². The average molecular weight is 1970 g/mol. The van der Waals surface area contributed by atoms with E-state index in [2.05, 4.69) is 185 Å². The lowest BCUT2D eigenvalue weighted by Crippen LogP contribution is -2.44. The van der Waals surface area contributed by atoms with Crippen LogP contribution in [0, 0.1) is 11.6 Å². The molecule has 12 aromatic rings. The number of morpholine rings is 1. The first-order valence-electron chi connectivity index (χ1n) is 49.0. The van der Waals surface area contributed by atoms with Crippen molar-refractivity contribution in [1.29, 1.82) is 0 Å². The highest BCUT2D eigenvalue weighted by atomic mass is 32.1. The number of halogens is 2. The summed E-state index contributed by atoms with van der Waals surface area (Å²) >= 11 is 5.21. The van der Waals surface area contributed by atoms with Crippen LogP contribution in [-0.2, 0) is 23.7 Å². The Bertz CT molecular complexity index is 6290. The van der Waals surface area contributed by atoms with Gasteiger partial charge in [0.1, 0.15) is 78.3 Å². The predicted molar refractivity (Wildman–Crippen MR) is 535 cm³/mol. The summed E-state index contributed by atoms with van der Waals surface area (Å²) in [6.45, 7) is 22.6. The van der Waals surface area contributed by atoms with Crippen molar-refractivity contribution in [3.05, 3.63) is 164 Å². The Labute approximate surface area is 821 Å². The monoisotopic (exact) mass is 1970 g/mol. The van der Waals surface area contributed by atoms with Gasteiger partial charge in [-0.3, -0.25) is 24.1 Å². The number of piperazine rings is 1. The number of benzene rings is 4. The zero-order chi connectivity index (χ0) is 94.8. The third-order valence-corrected chi connectivity index (χ3v) is 32.2.